The molecule has 3 fully saturated rings. The van der Waals surface area contributed by atoms with E-state index in [-0.39, 0.29) is 28.8 Å². The monoisotopic (exact) mass is 433 g/mol. The molecule has 0 radical (unpaired) electrons. The number of hydrogen-bond donors (Lipinski definition) is 1. The highest BCUT2D eigenvalue weighted by Crippen LogP contribution is 2.35. The Kier molecular flexibility index (Phi) is 5.30. The highest BCUT2D eigenvalue weighted by atomic mass is 19.3. The van der Waals surface area contributed by atoms with Crippen LogP contribution in [0.5, 0.6) is 0 Å². The second-order valence-electron chi connectivity index (χ2n) is 8.34. The lowest BCUT2D eigenvalue weighted by molar-refractivity contribution is 0.0981. The number of hydrogen-bond acceptors (Lipinski definition) is 9. The second kappa shape index (κ2) is 8.12. The Hall–Kier alpha value is -2.66. The van der Waals surface area contributed by atoms with Crippen LogP contribution in [-0.4, -0.2) is 72.0 Å². The van der Waals surface area contributed by atoms with E-state index in [2.05, 4.69) is 19.9 Å². The van der Waals surface area contributed by atoms with E-state index in [9.17, 15) is 8.78 Å². The van der Waals surface area contributed by atoms with Crippen LogP contribution in [0.1, 0.15) is 18.9 Å². The summed E-state index contributed by atoms with van der Waals surface area (Å²) in [6.45, 7) is 6.74. The molecule has 5 rings (SSSR count). The van der Waals surface area contributed by atoms with Gasteiger partial charge in [-0.15, -0.1) is 0 Å². The van der Waals surface area contributed by atoms with E-state index in [0.29, 0.717) is 43.5 Å². The molecule has 1 unspecified atom stereocenters. The summed E-state index contributed by atoms with van der Waals surface area (Å²) in [5, 5.41) is 0. The fraction of sp³-hybridized carbons (Fsp3) is 0.600. The van der Waals surface area contributed by atoms with Crippen LogP contribution < -0.4 is 15.5 Å². The molecule has 5 heterocycles. The smallest absolute Gasteiger partial charge is 0.264 e. The first kappa shape index (κ1) is 20.3. The third-order valence-corrected chi connectivity index (χ3v) is 6.19. The summed E-state index contributed by atoms with van der Waals surface area (Å²) in [6, 6.07) is 1.24. The van der Waals surface area contributed by atoms with Crippen molar-refractivity contribution >= 4 is 17.7 Å². The van der Waals surface area contributed by atoms with Crippen LogP contribution in [0.3, 0.4) is 0 Å². The van der Waals surface area contributed by atoms with Crippen LogP contribution in [0, 0.1) is 11.8 Å². The van der Waals surface area contributed by atoms with Crippen molar-refractivity contribution in [1.82, 2.24) is 19.9 Å². The van der Waals surface area contributed by atoms with Gasteiger partial charge in [-0.05, 0) is 13.0 Å². The molecule has 0 aromatic carbocycles. The predicted molar refractivity (Wildman–Crippen MR) is 110 cm³/mol. The molecule has 0 amide bonds. The van der Waals surface area contributed by atoms with Crippen molar-refractivity contribution in [3.63, 3.8) is 0 Å². The van der Waals surface area contributed by atoms with E-state index >= 15 is 0 Å². The van der Waals surface area contributed by atoms with Gasteiger partial charge in [0.15, 0.2) is 5.82 Å². The third kappa shape index (κ3) is 3.87. The van der Waals surface area contributed by atoms with Gasteiger partial charge >= 0.3 is 0 Å². The number of ether oxygens (including phenoxy) is 2. The Morgan fingerprint density at radius 1 is 1.06 bits per heavy atom. The minimum Gasteiger partial charge on any atom is -0.384 e. The molecule has 0 aliphatic carbocycles. The number of nitrogen functional groups attached to an aromatic ring is 1. The number of aromatic nitrogens is 4. The van der Waals surface area contributed by atoms with Crippen LogP contribution in [0.25, 0.3) is 11.4 Å². The van der Waals surface area contributed by atoms with E-state index in [1.165, 1.54) is 12.3 Å². The first-order valence-electron chi connectivity index (χ1n) is 10.5. The molecule has 0 spiro atoms. The van der Waals surface area contributed by atoms with Gasteiger partial charge in [0.2, 0.25) is 11.9 Å². The Bertz CT molecular complexity index is 951. The van der Waals surface area contributed by atoms with Gasteiger partial charge in [-0.3, -0.25) is 0 Å². The van der Waals surface area contributed by atoms with E-state index < -0.39 is 6.43 Å². The molecular weight excluding hydrogens is 408 g/mol. The molecule has 166 valence electrons. The predicted octanol–water partition coefficient (Wildman–Crippen LogP) is 1.76. The minimum atomic E-state index is -2.73. The number of nitrogens with two attached hydrogens (primary N) is 1. The van der Waals surface area contributed by atoms with Gasteiger partial charge in [0.25, 0.3) is 6.43 Å². The summed E-state index contributed by atoms with van der Waals surface area (Å²) in [7, 11) is 0. The summed E-state index contributed by atoms with van der Waals surface area (Å²) in [5.41, 5.74) is 5.58. The number of anilines is 3. The molecule has 9 nitrogen and oxygen atoms in total. The van der Waals surface area contributed by atoms with Crippen molar-refractivity contribution in [3.05, 3.63) is 17.8 Å². The molecule has 2 aromatic rings. The molecule has 0 bridgehead atoms. The van der Waals surface area contributed by atoms with E-state index in [1.54, 1.807) is 0 Å². The van der Waals surface area contributed by atoms with Crippen LogP contribution in [0.2, 0.25) is 0 Å². The summed E-state index contributed by atoms with van der Waals surface area (Å²) in [4.78, 5) is 22.1. The first-order valence-corrected chi connectivity index (χ1v) is 10.5. The third-order valence-electron chi connectivity index (χ3n) is 6.19. The average Bonchev–Trinajstić information content (AvgIpc) is 3.36. The maximum atomic E-state index is 13.8. The number of pyridine rings is 1. The van der Waals surface area contributed by atoms with Crippen LogP contribution in [0.4, 0.5) is 26.5 Å². The zero-order valence-electron chi connectivity index (χ0n) is 17.2. The maximum Gasteiger partial charge on any atom is 0.264 e. The second-order valence-corrected chi connectivity index (χ2v) is 8.34. The van der Waals surface area contributed by atoms with E-state index in [4.69, 9.17) is 20.2 Å². The number of alkyl halides is 2. The Morgan fingerprint density at radius 2 is 1.81 bits per heavy atom. The lowest BCUT2D eigenvalue weighted by Gasteiger charge is -2.33. The molecule has 3 aliphatic heterocycles. The number of rotatable bonds is 4. The van der Waals surface area contributed by atoms with Gasteiger partial charge < -0.3 is 25.0 Å². The number of halogens is 2. The quantitative estimate of drug-likeness (QED) is 0.773. The zero-order valence-corrected chi connectivity index (χ0v) is 17.2. The maximum absolute atomic E-state index is 13.8. The molecule has 2 aromatic heterocycles. The largest absolute Gasteiger partial charge is 0.384 e. The minimum absolute atomic E-state index is 0.0303. The number of morpholine rings is 1. The normalized spacial score (nSPS) is 26.0. The van der Waals surface area contributed by atoms with Crippen molar-refractivity contribution in [1.29, 1.82) is 0 Å². The summed E-state index contributed by atoms with van der Waals surface area (Å²) >= 11 is 0. The molecule has 0 saturated carbocycles. The average molecular weight is 433 g/mol. The van der Waals surface area contributed by atoms with Crippen molar-refractivity contribution in [2.45, 2.75) is 19.4 Å². The summed E-state index contributed by atoms with van der Waals surface area (Å²) in [5.74, 6) is 2.02. The van der Waals surface area contributed by atoms with Gasteiger partial charge in [-0.25, -0.2) is 13.8 Å². The molecule has 2 N–H and O–H groups in total. The van der Waals surface area contributed by atoms with Crippen molar-refractivity contribution in [2.75, 3.05) is 61.6 Å². The van der Waals surface area contributed by atoms with Crippen molar-refractivity contribution in [3.8, 4) is 11.4 Å². The van der Waals surface area contributed by atoms with Crippen LogP contribution in [0.15, 0.2) is 12.3 Å². The summed E-state index contributed by atoms with van der Waals surface area (Å²) < 4.78 is 38.6. The highest BCUT2D eigenvalue weighted by Gasteiger charge is 2.39. The lowest BCUT2D eigenvalue weighted by atomic mass is 10.0. The molecular formula is C20H25F2N7O2. The van der Waals surface area contributed by atoms with E-state index in [0.717, 1.165) is 26.3 Å². The molecule has 3 atom stereocenters. The van der Waals surface area contributed by atoms with Crippen molar-refractivity contribution < 1.29 is 18.3 Å². The van der Waals surface area contributed by atoms with Crippen LogP contribution >= 0.6 is 0 Å². The molecule has 3 saturated heterocycles. The zero-order chi connectivity index (χ0) is 21.5. The summed E-state index contributed by atoms with van der Waals surface area (Å²) in [6.07, 6.45) is -1.41. The Balaban J connectivity index is 1.58. The fourth-order valence-corrected chi connectivity index (χ4v) is 4.47. The number of nitrogens with zero attached hydrogens (tertiary/aromatic N) is 6. The van der Waals surface area contributed by atoms with Gasteiger partial charge in [-0.2, -0.15) is 15.0 Å². The Morgan fingerprint density at radius 3 is 2.52 bits per heavy atom. The van der Waals surface area contributed by atoms with E-state index in [1.807, 2.05) is 11.8 Å². The number of fused-ring (bicyclic) bond motifs is 1. The van der Waals surface area contributed by atoms with Gasteiger partial charge in [0.05, 0.1) is 32.5 Å². The standard InChI is InChI=1S/C20H25F2N7O2/c1-11-8-30-3-2-29(11)20-26-18(15-5-24-16(23)4-14(15)17(21)22)25-19(27-20)28-6-12-9-31-10-13(12)7-28/h4-5,11-13,17H,2-3,6-10H2,1H3,(H2,23,24)/t11-,12-,13?/m1/s1. The van der Waals surface area contributed by atoms with Gasteiger partial charge in [-0.1, -0.05) is 0 Å². The van der Waals surface area contributed by atoms with Crippen LogP contribution in [-0.2, 0) is 9.47 Å². The molecule has 3 aliphatic rings. The molecule has 31 heavy (non-hydrogen) atoms. The van der Waals surface area contributed by atoms with Gasteiger partial charge in [0.1, 0.15) is 5.82 Å². The topological polar surface area (TPSA) is 103 Å². The van der Waals surface area contributed by atoms with Crippen molar-refractivity contribution in [2.24, 2.45) is 11.8 Å². The van der Waals surface area contributed by atoms with Gasteiger partial charge in [0, 0.05) is 48.8 Å². The lowest BCUT2D eigenvalue weighted by Crippen LogP contribution is -2.45. The Labute approximate surface area is 178 Å². The first-order chi connectivity index (χ1) is 15.0. The highest BCUT2D eigenvalue weighted by molar-refractivity contribution is 5.64. The fourth-order valence-electron chi connectivity index (χ4n) is 4.47. The SMILES string of the molecule is C[C@@H]1COCCN1c1nc(-c2cnc(N)cc2C(F)F)nc(N2CC3COC[C@H]3C2)n1. The molecule has 11 heteroatoms.